The van der Waals surface area contributed by atoms with Gasteiger partial charge in [-0.25, -0.2) is 0 Å². The molecule has 1 heterocycles. The maximum absolute atomic E-state index is 13.0. The van der Waals surface area contributed by atoms with Gasteiger partial charge in [-0.3, -0.25) is 4.79 Å². The lowest BCUT2D eigenvalue weighted by Crippen LogP contribution is -3.13. The Hall–Kier alpha value is -1.85. The van der Waals surface area contributed by atoms with E-state index in [1.54, 1.807) is 0 Å². The zero-order valence-electron chi connectivity index (χ0n) is 14.6. The monoisotopic (exact) mass is 374 g/mol. The van der Waals surface area contributed by atoms with E-state index in [9.17, 15) is 14.7 Å². The van der Waals surface area contributed by atoms with Gasteiger partial charge in [0.1, 0.15) is 6.54 Å². The van der Waals surface area contributed by atoms with E-state index in [2.05, 4.69) is 0 Å². The number of nitrogens with zero attached hydrogens (tertiary/aromatic N) is 1. The highest BCUT2D eigenvalue weighted by Gasteiger charge is 2.50. The van der Waals surface area contributed by atoms with Crippen LogP contribution in [0.25, 0.3) is 0 Å². The van der Waals surface area contributed by atoms with E-state index in [1.807, 2.05) is 41.3 Å². The molecule has 4 rings (SSSR count). The molecular formula is C20H23ClN2O3. The van der Waals surface area contributed by atoms with Crippen LogP contribution in [0.3, 0.4) is 0 Å². The van der Waals surface area contributed by atoms with Gasteiger partial charge in [0.15, 0.2) is 0 Å². The van der Waals surface area contributed by atoms with Crippen molar-refractivity contribution >= 4 is 23.5 Å². The summed E-state index contributed by atoms with van der Waals surface area (Å²) in [6, 6.07) is 7.86. The van der Waals surface area contributed by atoms with Gasteiger partial charge in [0, 0.05) is 22.5 Å². The lowest BCUT2D eigenvalue weighted by atomic mass is 9.82. The number of fused-ring (bicyclic) bond motifs is 2. The van der Waals surface area contributed by atoms with E-state index in [0.29, 0.717) is 13.1 Å². The number of nitrogens with one attached hydrogen (secondary N) is 1. The van der Waals surface area contributed by atoms with Gasteiger partial charge in [0.25, 0.3) is 0 Å². The average Bonchev–Trinajstić information content (AvgIpc) is 3.25. The molecule has 1 aliphatic heterocycles. The molecule has 1 saturated heterocycles. The normalized spacial score (nSPS) is 30.7. The standard InChI is InChI=1S/C20H23ClN2O3/c21-16-4-2-1-3-15(16)12-22-7-9-23(10-8-22)19(24)17-13-5-6-14(11-13)18(17)20(25)26/h1-6,13-14,17-18H,7-12H2,(H,25,26)/t13-,14-,17+,18+/m1/s1. The Labute approximate surface area is 158 Å². The van der Waals surface area contributed by atoms with E-state index in [-0.39, 0.29) is 17.7 Å². The van der Waals surface area contributed by atoms with Crippen molar-refractivity contribution in [3.63, 3.8) is 0 Å². The minimum atomic E-state index is -1.08. The van der Waals surface area contributed by atoms with Gasteiger partial charge in [0.2, 0.25) is 5.91 Å². The zero-order valence-corrected chi connectivity index (χ0v) is 15.3. The molecule has 2 fully saturated rings. The number of rotatable bonds is 4. The van der Waals surface area contributed by atoms with Gasteiger partial charge in [0.05, 0.1) is 32.1 Å². The Morgan fingerprint density at radius 2 is 1.77 bits per heavy atom. The molecule has 5 nitrogen and oxygen atoms in total. The highest BCUT2D eigenvalue weighted by atomic mass is 35.5. The number of aliphatic carboxylic acids is 1. The molecule has 1 aromatic rings. The Kier molecular flexibility index (Phi) is 4.76. The smallest absolute Gasteiger partial charge is 0.227 e. The number of piperazine rings is 1. The van der Waals surface area contributed by atoms with Crippen LogP contribution in [0, 0.1) is 23.7 Å². The number of carbonyl (C=O) groups excluding carboxylic acids is 2. The molecule has 2 aliphatic carbocycles. The predicted molar refractivity (Wildman–Crippen MR) is 95.2 cm³/mol. The fourth-order valence-electron chi connectivity index (χ4n) is 4.82. The fraction of sp³-hybridized carbons (Fsp3) is 0.500. The van der Waals surface area contributed by atoms with Crippen LogP contribution in [0.4, 0.5) is 0 Å². The highest BCUT2D eigenvalue weighted by Crippen LogP contribution is 2.48. The minimum absolute atomic E-state index is 0.00663. The van der Waals surface area contributed by atoms with E-state index >= 15 is 0 Å². The molecule has 3 aliphatic rings. The van der Waals surface area contributed by atoms with Crippen LogP contribution in [0.2, 0.25) is 5.02 Å². The van der Waals surface area contributed by atoms with E-state index in [4.69, 9.17) is 11.6 Å². The quantitative estimate of drug-likeness (QED) is 0.739. The van der Waals surface area contributed by atoms with Crippen LogP contribution >= 0.6 is 11.6 Å². The molecule has 1 amide bonds. The summed E-state index contributed by atoms with van der Waals surface area (Å²) in [6.45, 7) is 3.87. The molecule has 1 aromatic carbocycles. The number of amides is 1. The molecule has 4 atom stereocenters. The number of halogens is 1. The summed E-state index contributed by atoms with van der Waals surface area (Å²) in [6.07, 6.45) is 4.74. The molecular weight excluding hydrogens is 352 g/mol. The lowest BCUT2D eigenvalue weighted by molar-refractivity contribution is -0.917. The molecule has 1 saturated carbocycles. The Balaban J connectivity index is 1.37. The van der Waals surface area contributed by atoms with Gasteiger partial charge in [-0.05, 0) is 24.3 Å². The van der Waals surface area contributed by atoms with Crippen LogP contribution in [0.1, 0.15) is 12.0 Å². The maximum atomic E-state index is 13.0. The highest BCUT2D eigenvalue weighted by molar-refractivity contribution is 6.31. The number of allylic oxidation sites excluding steroid dienone is 2. The van der Waals surface area contributed by atoms with Crippen molar-refractivity contribution in [1.82, 2.24) is 4.90 Å². The molecule has 1 N–H and O–H groups in total. The fourth-order valence-corrected chi connectivity index (χ4v) is 5.02. The number of carboxylic acid groups (broad SMARTS) is 1. The van der Waals surface area contributed by atoms with Crippen LogP contribution in [-0.4, -0.2) is 43.0 Å². The third-order valence-electron chi connectivity index (χ3n) is 6.20. The summed E-state index contributed by atoms with van der Waals surface area (Å²) in [5.74, 6) is -2.17. The zero-order chi connectivity index (χ0) is 18.3. The number of quaternary nitrogens is 1. The molecule has 138 valence electrons. The summed E-state index contributed by atoms with van der Waals surface area (Å²) in [4.78, 5) is 27.8. The van der Waals surface area contributed by atoms with Gasteiger partial charge < -0.3 is 19.7 Å². The summed E-state index contributed by atoms with van der Waals surface area (Å²) >= 11 is 6.24. The molecule has 2 bridgehead atoms. The van der Waals surface area contributed by atoms with Crippen LogP contribution < -0.4 is 10.0 Å². The van der Waals surface area contributed by atoms with Crippen LogP contribution in [0.5, 0.6) is 0 Å². The van der Waals surface area contributed by atoms with Gasteiger partial charge in [-0.2, -0.15) is 0 Å². The van der Waals surface area contributed by atoms with E-state index in [1.165, 1.54) is 4.90 Å². The van der Waals surface area contributed by atoms with Crippen molar-refractivity contribution in [2.75, 3.05) is 26.2 Å². The second-order valence-electron chi connectivity index (χ2n) is 7.66. The first kappa shape index (κ1) is 17.6. The Bertz CT molecular complexity index is 742. The van der Waals surface area contributed by atoms with E-state index in [0.717, 1.165) is 36.6 Å². The minimum Gasteiger partial charge on any atom is -0.550 e. The topological polar surface area (TPSA) is 64.9 Å². The van der Waals surface area contributed by atoms with Gasteiger partial charge in [-0.1, -0.05) is 42.0 Å². The number of benzene rings is 1. The number of hydrogen-bond acceptors (Lipinski definition) is 3. The average molecular weight is 375 g/mol. The SMILES string of the molecule is O=C([O-])[C@@H]1[C@@H](C(=O)N2CC[NH+](Cc3ccccc3Cl)CC2)[C@@H]2C=C[C@@H]1C2. The first-order valence-electron chi connectivity index (χ1n) is 9.29. The number of carbonyl (C=O) groups is 2. The summed E-state index contributed by atoms with van der Waals surface area (Å²) < 4.78 is 0. The Morgan fingerprint density at radius 3 is 2.42 bits per heavy atom. The van der Waals surface area contributed by atoms with Crippen molar-refractivity contribution in [3.05, 3.63) is 47.0 Å². The molecule has 0 radical (unpaired) electrons. The summed E-state index contributed by atoms with van der Waals surface area (Å²) in [7, 11) is 0. The van der Waals surface area contributed by atoms with Crippen molar-refractivity contribution in [2.24, 2.45) is 23.7 Å². The third kappa shape index (κ3) is 3.14. The molecule has 0 unspecified atom stereocenters. The largest absolute Gasteiger partial charge is 0.550 e. The third-order valence-corrected chi connectivity index (χ3v) is 6.57. The second-order valence-corrected chi connectivity index (χ2v) is 8.07. The van der Waals surface area contributed by atoms with Crippen molar-refractivity contribution in [2.45, 2.75) is 13.0 Å². The van der Waals surface area contributed by atoms with Gasteiger partial charge in [-0.15, -0.1) is 0 Å². The van der Waals surface area contributed by atoms with E-state index < -0.39 is 17.8 Å². The molecule has 26 heavy (non-hydrogen) atoms. The van der Waals surface area contributed by atoms with Crippen molar-refractivity contribution in [1.29, 1.82) is 0 Å². The summed E-state index contributed by atoms with van der Waals surface area (Å²) in [5, 5.41) is 12.3. The van der Waals surface area contributed by atoms with Crippen LogP contribution in [0.15, 0.2) is 36.4 Å². The first-order chi connectivity index (χ1) is 12.5. The second kappa shape index (κ2) is 7.05. The van der Waals surface area contributed by atoms with Crippen LogP contribution in [-0.2, 0) is 16.1 Å². The molecule has 0 spiro atoms. The lowest BCUT2D eigenvalue weighted by Gasteiger charge is -2.37. The Morgan fingerprint density at radius 1 is 1.12 bits per heavy atom. The summed E-state index contributed by atoms with van der Waals surface area (Å²) in [5.41, 5.74) is 1.12. The van der Waals surface area contributed by atoms with Crippen molar-refractivity contribution in [3.8, 4) is 0 Å². The molecule has 0 aromatic heterocycles. The molecule has 6 heteroatoms. The maximum Gasteiger partial charge on any atom is 0.227 e. The van der Waals surface area contributed by atoms with Crippen molar-refractivity contribution < 1.29 is 19.6 Å². The predicted octanol–water partition coefficient (Wildman–Crippen LogP) is -0.245. The number of hydrogen-bond donors (Lipinski definition) is 1. The number of carboxylic acids is 1. The van der Waals surface area contributed by atoms with Gasteiger partial charge >= 0.3 is 0 Å². The first-order valence-corrected chi connectivity index (χ1v) is 9.67.